The SMILES string of the molecule is CC1CCC(CCl)(NC(=O)c2cc(F)ccc2F)CC1. The van der Waals surface area contributed by atoms with Gasteiger partial charge in [-0.05, 0) is 49.8 Å². The maximum atomic E-state index is 13.6. The summed E-state index contributed by atoms with van der Waals surface area (Å²) in [6, 6.07) is 2.87. The molecule has 2 rings (SSSR count). The zero-order valence-corrected chi connectivity index (χ0v) is 12.1. The van der Waals surface area contributed by atoms with Gasteiger partial charge in [-0.3, -0.25) is 4.79 Å². The molecular weight excluding hydrogens is 284 g/mol. The molecule has 0 aromatic heterocycles. The molecule has 1 aliphatic rings. The van der Waals surface area contributed by atoms with Crippen molar-refractivity contribution in [3.63, 3.8) is 0 Å². The van der Waals surface area contributed by atoms with Gasteiger partial charge < -0.3 is 5.32 Å². The molecule has 1 N–H and O–H groups in total. The van der Waals surface area contributed by atoms with Crippen molar-refractivity contribution >= 4 is 17.5 Å². The van der Waals surface area contributed by atoms with E-state index in [4.69, 9.17) is 11.6 Å². The minimum absolute atomic E-state index is 0.270. The van der Waals surface area contributed by atoms with E-state index >= 15 is 0 Å². The van der Waals surface area contributed by atoms with E-state index in [0.29, 0.717) is 5.92 Å². The number of benzene rings is 1. The molecule has 110 valence electrons. The molecule has 0 unspecified atom stereocenters. The Morgan fingerprint density at radius 3 is 2.65 bits per heavy atom. The van der Waals surface area contributed by atoms with Crippen molar-refractivity contribution in [1.82, 2.24) is 5.32 Å². The van der Waals surface area contributed by atoms with Gasteiger partial charge in [0.2, 0.25) is 0 Å². The lowest BCUT2D eigenvalue weighted by atomic mass is 9.78. The van der Waals surface area contributed by atoms with Gasteiger partial charge in [-0.2, -0.15) is 0 Å². The summed E-state index contributed by atoms with van der Waals surface area (Å²) in [6.07, 6.45) is 3.47. The fourth-order valence-corrected chi connectivity index (χ4v) is 2.92. The molecule has 1 aliphatic carbocycles. The number of halogens is 3. The van der Waals surface area contributed by atoms with Gasteiger partial charge in [-0.25, -0.2) is 8.78 Å². The second-order valence-electron chi connectivity index (χ2n) is 5.67. The Morgan fingerprint density at radius 1 is 1.40 bits per heavy atom. The Morgan fingerprint density at radius 2 is 2.05 bits per heavy atom. The van der Waals surface area contributed by atoms with E-state index in [1.54, 1.807) is 0 Å². The summed E-state index contributed by atoms with van der Waals surface area (Å²) < 4.78 is 26.7. The highest BCUT2D eigenvalue weighted by Crippen LogP contribution is 2.33. The molecule has 0 bridgehead atoms. The molecule has 1 fully saturated rings. The van der Waals surface area contributed by atoms with Crippen molar-refractivity contribution in [3.8, 4) is 0 Å². The van der Waals surface area contributed by atoms with Crippen LogP contribution in [0.3, 0.4) is 0 Å². The fraction of sp³-hybridized carbons (Fsp3) is 0.533. The first-order valence-corrected chi connectivity index (χ1v) is 7.33. The Kier molecular flexibility index (Phi) is 4.63. The second kappa shape index (κ2) is 6.08. The van der Waals surface area contributed by atoms with Crippen molar-refractivity contribution in [2.75, 3.05) is 5.88 Å². The molecule has 0 aliphatic heterocycles. The molecule has 5 heteroatoms. The first kappa shape index (κ1) is 15.2. The largest absolute Gasteiger partial charge is 0.345 e. The van der Waals surface area contributed by atoms with Gasteiger partial charge in [0.25, 0.3) is 5.91 Å². The van der Waals surface area contributed by atoms with E-state index in [1.807, 2.05) is 0 Å². The number of rotatable bonds is 3. The number of alkyl halides is 1. The quantitative estimate of drug-likeness (QED) is 0.843. The number of carbonyl (C=O) groups excluding carboxylic acids is 1. The molecule has 1 aromatic rings. The fourth-order valence-electron chi connectivity index (χ4n) is 2.59. The number of nitrogens with one attached hydrogen (secondary N) is 1. The van der Waals surface area contributed by atoms with Gasteiger partial charge in [0.15, 0.2) is 0 Å². The van der Waals surface area contributed by atoms with Crippen molar-refractivity contribution in [1.29, 1.82) is 0 Å². The van der Waals surface area contributed by atoms with Gasteiger partial charge in [-0.15, -0.1) is 11.6 Å². The number of hydrogen-bond donors (Lipinski definition) is 1. The molecule has 2 nitrogen and oxygen atoms in total. The summed E-state index contributed by atoms with van der Waals surface area (Å²) >= 11 is 6.00. The van der Waals surface area contributed by atoms with Crippen molar-refractivity contribution in [2.45, 2.75) is 38.1 Å². The van der Waals surface area contributed by atoms with Crippen LogP contribution < -0.4 is 5.32 Å². The van der Waals surface area contributed by atoms with Crippen LogP contribution in [-0.2, 0) is 0 Å². The van der Waals surface area contributed by atoms with E-state index < -0.39 is 23.1 Å². The van der Waals surface area contributed by atoms with Gasteiger partial charge >= 0.3 is 0 Å². The number of carbonyl (C=O) groups is 1. The van der Waals surface area contributed by atoms with Gasteiger partial charge in [-0.1, -0.05) is 6.92 Å². The molecule has 0 heterocycles. The standard InChI is InChI=1S/C15H18ClF2NO/c1-10-4-6-15(9-16,7-5-10)19-14(20)12-8-11(17)2-3-13(12)18/h2-3,8,10H,4-7,9H2,1H3,(H,19,20). The minimum atomic E-state index is -0.724. The smallest absolute Gasteiger partial charge is 0.254 e. The molecular formula is C15H18ClF2NO. The molecule has 1 amide bonds. The second-order valence-corrected chi connectivity index (χ2v) is 5.94. The third kappa shape index (κ3) is 3.29. The maximum absolute atomic E-state index is 13.6. The molecule has 0 atom stereocenters. The molecule has 0 radical (unpaired) electrons. The average Bonchev–Trinajstić information content (AvgIpc) is 2.44. The zero-order valence-electron chi connectivity index (χ0n) is 11.4. The van der Waals surface area contributed by atoms with Crippen LogP contribution in [0.25, 0.3) is 0 Å². The summed E-state index contributed by atoms with van der Waals surface area (Å²) in [6.45, 7) is 2.16. The first-order valence-electron chi connectivity index (χ1n) is 6.79. The van der Waals surface area contributed by atoms with Crippen LogP contribution in [0, 0.1) is 17.6 Å². The van der Waals surface area contributed by atoms with Crippen LogP contribution in [-0.4, -0.2) is 17.3 Å². The van der Waals surface area contributed by atoms with Gasteiger partial charge in [0, 0.05) is 5.88 Å². The Bertz CT molecular complexity index is 499. The predicted molar refractivity (Wildman–Crippen MR) is 74.9 cm³/mol. The predicted octanol–water partition coefficient (Wildman–Crippen LogP) is 3.88. The van der Waals surface area contributed by atoms with Crippen molar-refractivity contribution in [3.05, 3.63) is 35.4 Å². The summed E-state index contributed by atoms with van der Waals surface area (Å²) in [7, 11) is 0. The molecule has 0 spiro atoms. The lowest BCUT2D eigenvalue weighted by Gasteiger charge is -2.38. The van der Waals surface area contributed by atoms with E-state index in [0.717, 1.165) is 43.9 Å². The molecule has 0 saturated heterocycles. The third-order valence-corrected chi connectivity index (χ3v) is 4.55. The molecule has 1 saturated carbocycles. The normalized spacial score (nSPS) is 26.3. The van der Waals surface area contributed by atoms with Crippen molar-refractivity contribution < 1.29 is 13.6 Å². The van der Waals surface area contributed by atoms with Crippen LogP contribution in [0.5, 0.6) is 0 Å². The lowest BCUT2D eigenvalue weighted by molar-refractivity contribution is 0.0867. The summed E-state index contributed by atoms with van der Waals surface area (Å²) in [5, 5.41) is 2.81. The average molecular weight is 302 g/mol. The Hall–Kier alpha value is -1.16. The number of hydrogen-bond acceptors (Lipinski definition) is 1. The summed E-state index contributed by atoms with van der Waals surface area (Å²) in [5.41, 5.74) is -0.780. The minimum Gasteiger partial charge on any atom is -0.345 e. The third-order valence-electron chi connectivity index (χ3n) is 4.04. The van der Waals surface area contributed by atoms with Crippen molar-refractivity contribution in [2.24, 2.45) is 5.92 Å². The van der Waals surface area contributed by atoms with Gasteiger partial charge in [0.05, 0.1) is 11.1 Å². The Labute approximate surface area is 122 Å². The lowest BCUT2D eigenvalue weighted by Crippen LogP contribution is -2.52. The van der Waals surface area contributed by atoms with Crippen LogP contribution >= 0.6 is 11.6 Å². The van der Waals surface area contributed by atoms with E-state index in [-0.39, 0.29) is 11.4 Å². The van der Waals surface area contributed by atoms with Gasteiger partial charge in [0.1, 0.15) is 11.6 Å². The topological polar surface area (TPSA) is 29.1 Å². The highest BCUT2D eigenvalue weighted by Gasteiger charge is 2.35. The Balaban J connectivity index is 2.15. The highest BCUT2D eigenvalue weighted by molar-refractivity contribution is 6.19. The summed E-state index contributed by atoms with van der Waals surface area (Å²) in [4.78, 5) is 12.2. The molecule has 1 aromatic carbocycles. The zero-order chi connectivity index (χ0) is 14.8. The van der Waals surface area contributed by atoms with E-state index in [2.05, 4.69) is 12.2 Å². The summed E-state index contributed by atoms with van der Waals surface area (Å²) in [5.74, 6) is -1.07. The highest BCUT2D eigenvalue weighted by atomic mass is 35.5. The van der Waals surface area contributed by atoms with E-state index in [9.17, 15) is 13.6 Å². The van der Waals surface area contributed by atoms with Crippen LogP contribution in [0.1, 0.15) is 43.0 Å². The molecule has 20 heavy (non-hydrogen) atoms. The van der Waals surface area contributed by atoms with Crippen LogP contribution in [0.15, 0.2) is 18.2 Å². The van der Waals surface area contributed by atoms with Crippen LogP contribution in [0.4, 0.5) is 8.78 Å². The van der Waals surface area contributed by atoms with E-state index in [1.165, 1.54) is 0 Å². The number of amides is 1. The first-order chi connectivity index (χ1) is 9.46. The van der Waals surface area contributed by atoms with Crippen LogP contribution in [0.2, 0.25) is 0 Å². The maximum Gasteiger partial charge on any atom is 0.254 e. The monoisotopic (exact) mass is 301 g/mol.